The smallest absolute Gasteiger partial charge is 0.219 e. The maximum atomic E-state index is 11.4. The number of hydrogen-bond acceptors (Lipinski definition) is 4. The molecule has 0 aliphatic carbocycles. The molecule has 2 unspecified atom stereocenters. The van der Waals surface area contributed by atoms with Crippen molar-refractivity contribution in [2.75, 3.05) is 59.4 Å². The third-order valence-corrected chi connectivity index (χ3v) is 5.87. The molecule has 0 bridgehead atoms. The Bertz CT molecular complexity index is 628. The Balaban J connectivity index is 0.00000280. The van der Waals surface area contributed by atoms with Crippen molar-refractivity contribution in [3.05, 3.63) is 18.7 Å². The minimum atomic E-state index is 0. The average Bonchev–Trinajstić information content (AvgIpc) is 3.21. The zero-order valence-corrected chi connectivity index (χ0v) is 19.6. The first-order valence-corrected chi connectivity index (χ1v) is 9.99. The van der Waals surface area contributed by atoms with Crippen LogP contribution in [0.25, 0.3) is 0 Å². The predicted molar refractivity (Wildman–Crippen MR) is 122 cm³/mol. The summed E-state index contributed by atoms with van der Waals surface area (Å²) in [5, 5.41) is 3.53. The quantitative estimate of drug-likeness (QED) is 0.379. The monoisotopic (exact) mass is 503 g/mol. The van der Waals surface area contributed by atoms with Gasteiger partial charge in [-0.25, -0.2) is 4.98 Å². The number of piperazine rings is 1. The largest absolute Gasteiger partial charge is 0.355 e. The predicted octanol–water partition coefficient (Wildman–Crippen LogP) is 1.12. The summed E-state index contributed by atoms with van der Waals surface area (Å²) in [5.41, 5.74) is 0. The van der Waals surface area contributed by atoms with Crippen molar-refractivity contribution in [3.8, 4) is 0 Å². The van der Waals surface area contributed by atoms with Gasteiger partial charge in [-0.2, -0.15) is 0 Å². The number of hydrogen-bond donors (Lipinski definition) is 1. The van der Waals surface area contributed by atoms with Crippen molar-refractivity contribution in [1.82, 2.24) is 29.6 Å². The molecule has 2 atom stereocenters. The first-order chi connectivity index (χ1) is 13.1. The molecule has 9 heteroatoms. The summed E-state index contributed by atoms with van der Waals surface area (Å²) in [6.07, 6.45) is 6.98. The van der Waals surface area contributed by atoms with Crippen molar-refractivity contribution in [3.63, 3.8) is 0 Å². The van der Waals surface area contributed by atoms with Gasteiger partial charge in [0, 0.05) is 78.7 Å². The zero-order chi connectivity index (χ0) is 19.2. The van der Waals surface area contributed by atoms with E-state index in [2.05, 4.69) is 42.8 Å². The van der Waals surface area contributed by atoms with Gasteiger partial charge in [0.2, 0.25) is 5.91 Å². The van der Waals surface area contributed by atoms with Crippen molar-refractivity contribution in [2.45, 2.75) is 26.3 Å². The van der Waals surface area contributed by atoms with E-state index in [1.807, 2.05) is 24.5 Å². The fourth-order valence-corrected chi connectivity index (χ4v) is 4.04. The van der Waals surface area contributed by atoms with Crippen molar-refractivity contribution < 1.29 is 4.79 Å². The number of amides is 1. The molecule has 3 rings (SSSR count). The van der Waals surface area contributed by atoms with E-state index in [0.717, 1.165) is 64.7 Å². The van der Waals surface area contributed by atoms with E-state index in [1.54, 1.807) is 6.92 Å². The van der Waals surface area contributed by atoms with Gasteiger partial charge in [0.15, 0.2) is 5.96 Å². The molecule has 0 spiro atoms. The molecule has 1 aromatic heterocycles. The number of piperidine rings is 1. The lowest BCUT2D eigenvalue weighted by atomic mass is 9.93. The molecular weight excluding hydrogens is 469 g/mol. The highest BCUT2D eigenvalue weighted by Gasteiger charge is 2.29. The molecule has 1 amide bonds. The standard InChI is InChI=1S/C19H33N7O.HI/c1-16-4-7-25(14-18(16)26-9-5-21-15-26)19(20-3)22-6-8-23-10-12-24(13-11-23)17(2)27;/h5,9,15-16,18H,4,6-8,10-14H2,1-3H3,(H,20,22);1H. The van der Waals surface area contributed by atoms with Crippen LogP contribution in [-0.2, 0) is 4.79 Å². The number of aromatic nitrogens is 2. The van der Waals surface area contributed by atoms with Gasteiger partial charge in [-0.3, -0.25) is 14.7 Å². The fraction of sp³-hybridized carbons (Fsp3) is 0.737. The molecule has 0 saturated carbocycles. The van der Waals surface area contributed by atoms with Crippen LogP contribution in [0.4, 0.5) is 0 Å². The Morgan fingerprint density at radius 3 is 2.57 bits per heavy atom. The summed E-state index contributed by atoms with van der Waals surface area (Å²) in [5.74, 6) is 1.79. The molecule has 3 heterocycles. The number of nitrogens with zero attached hydrogens (tertiary/aromatic N) is 6. The van der Waals surface area contributed by atoms with E-state index in [0.29, 0.717) is 12.0 Å². The summed E-state index contributed by atoms with van der Waals surface area (Å²) >= 11 is 0. The van der Waals surface area contributed by atoms with Crippen molar-refractivity contribution in [1.29, 1.82) is 0 Å². The number of nitrogens with one attached hydrogen (secondary N) is 1. The number of carbonyl (C=O) groups is 1. The molecule has 2 saturated heterocycles. The summed E-state index contributed by atoms with van der Waals surface area (Å²) in [6, 6.07) is 0.430. The van der Waals surface area contributed by atoms with Gasteiger partial charge in [0.1, 0.15) is 0 Å². The van der Waals surface area contributed by atoms with Crippen LogP contribution in [0.2, 0.25) is 0 Å². The molecule has 2 aliphatic heterocycles. The van der Waals surface area contributed by atoms with E-state index in [-0.39, 0.29) is 29.9 Å². The van der Waals surface area contributed by atoms with Gasteiger partial charge in [-0.1, -0.05) is 6.92 Å². The molecule has 0 radical (unpaired) electrons. The van der Waals surface area contributed by atoms with Crippen LogP contribution >= 0.6 is 24.0 Å². The first kappa shape index (κ1) is 22.9. The third-order valence-electron chi connectivity index (χ3n) is 5.87. The molecule has 2 aliphatic rings. The number of imidazole rings is 1. The number of aliphatic imine (C=N–C) groups is 1. The highest BCUT2D eigenvalue weighted by Crippen LogP contribution is 2.27. The summed E-state index contributed by atoms with van der Waals surface area (Å²) in [6.45, 7) is 11.4. The molecule has 1 N–H and O–H groups in total. The van der Waals surface area contributed by atoms with Crippen LogP contribution < -0.4 is 5.32 Å². The molecule has 158 valence electrons. The van der Waals surface area contributed by atoms with Gasteiger partial charge < -0.3 is 19.7 Å². The van der Waals surface area contributed by atoms with E-state index < -0.39 is 0 Å². The second kappa shape index (κ2) is 11.0. The number of likely N-dealkylation sites (tertiary alicyclic amines) is 1. The molecule has 8 nitrogen and oxygen atoms in total. The second-order valence-electron chi connectivity index (χ2n) is 7.61. The lowest BCUT2D eigenvalue weighted by Gasteiger charge is -2.39. The number of guanidine groups is 1. The number of carbonyl (C=O) groups excluding carboxylic acids is 1. The highest BCUT2D eigenvalue weighted by atomic mass is 127. The Hall–Kier alpha value is -1.36. The van der Waals surface area contributed by atoms with Crippen LogP contribution in [0.15, 0.2) is 23.7 Å². The molecule has 28 heavy (non-hydrogen) atoms. The van der Waals surface area contributed by atoms with E-state index in [9.17, 15) is 4.79 Å². The third kappa shape index (κ3) is 5.82. The van der Waals surface area contributed by atoms with Gasteiger partial charge in [0.25, 0.3) is 0 Å². The van der Waals surface area contributed by atoms with Gasteiger partial charge in [0.05, 0.1) is 12.4 Å². The minimum Gasteiger partial charge on any atom is -0.355 e. The summed E-state index contributed by atoms with van der Waals surface area (Å²) in [4.78, 5) is 26.8. The summed E-state index contributed by atoms with van der Waals surface area (Å²) in [7, 11) is 1.86. The first-order valence-electron chi connectivity index (χ1n) is 9.99. The van der Waals surface area contributed by atoms with Gasteiger partial charge in [-0.15, -0.1) is 24.0 Å². The van der Waals surface area contributed by atoms with Crippen LogP contribution in [-0.4, -0.2) is 95.5 Å². The molecule has 2 fully saturated rings. The minimum absolute atomic E-state index is 0. The highest BCUT2D eigenvalue weighted by molar-refractivity contribution is 14.0. The lowest BCUT2D eigenvalue weighted by Crippen LogP contribution is -2.52. The average molecular weight is 503 g/mol. The molecule has 1 aromatic rings. The maximum absolute atomic E-state index is 11.4. The van der Waals surface area contributed by atoms with Crippen LogP contribution in [0.3, 0.4) is 0 Å². The number of halogens is 1. The Kier molecular flexibility index (Phi) is 9.00. The van der Waals surface area contributed by atoms with E-state index in [4.69, 9.17) is 0 Å². The number of rotatable bonds is 4. The van der Waals surface area contributed by atoms with Crippen LogP contribution in [0.5, 0.6) is 0 Å². The van der Waals surface area contributed by atoms with E-state index >= 15 is 0 Å². The van der Waals surface area contributed by atoms with Crippen LogP contribution in [0, 0.1) is 5.92 Å². The van der Waals surface area contributed by atoms with Gasteiger partial charge >= 0.3 is 0 Å². The topological polar surface area (TPSA) is 69.0 Å². The fourth-order valence-electron chi connectivity index (χ4n) is 4.04. The summed E-state index contributed by atoms with van der Waals surface area (Å²) < 4.78 is 2.22. The van der Waals surface area contributed by atoms with Gasteiger partial charge in [-0.05, 0) is 12.3 Å². The van der Waals surface area contributed by atoms with Crippen LogP contribution in [0.1, 0.15) is 26.3 Å². The molecule has 0 aromatic carbocycles. The van der Waals surface area contributed by atoms with E-state index in [1.165, 1.54) is 0 Å². The Morgan fingerprint density at radius 1 is 1.21 bits per heavy atom. The maximum Gasteiger partial charge on any atom is 0.219 e. The Labute approximate surface area is 185 Å². The zero-order valence-electron chi connectivity index (χ0n) is 17.3. The Morgan fingerprint density at radius 2 is 1.96 bits per heavy atom. The normalized spacial score (nSPS) is 24.0. The van der Waals surface area contributed by atoms with Crippen molar-refractivity contribution in [2.24, 2.45) is 10.9 Å². The second-order valence-corrected chi connectivity index (χ2v) is 7.61. The molecular formula is C19H34IN7O. The lowest BCUT2D eigenvalue weighted by molar-refractivity contribution is -0.130. The van der Waals surface area contributed by atoms with Crippen molar-refractivity contribution >= 4 is 35.8 Å². The SMILES string of the molecule is CN=C(NCCN1CCN(C(C)=O)CC1)N1CCC(C)C(n2ccnc2)C1.I.